The second kappa shape index (κ2) is 8.47. The van der Waals surface area contributed by atoms with Gasteiger partial charge in [0.05, 0.1) is 13.7 Å². The molecule has 15 heavy (non-hydrogen) atoms. The molecule has 1 heterocycles. The Morgan fingerprint density at radius 3 is 2.67 bits per heavy atom. The summed E-state index contributed by atoms with van der Waals surface area (Å²) in [6.45, 7) is 0.292. The molecule has 0 unspecified atom stereocenters. The Balaban J connectivity index is 0. The molecule has 0 aromatic carbocycles. The van der Waals surface area contributed by atoms with E-state index in [0.29, 0.717) is 18.1 Å². The van der Waals surface area contributed by atoms with Crippen LogP contribution in [0.5, 0.6) is 5.88 Å². The van der Waals surface area contributed by atoms with Gasteiger partial charge in [-0.15, -0.1) is 24.8 Å². The number of ketones is 1. The highest BCUT2D eigenvalue weighted by atomic mass is 35.5. The van der Waals surface area contributed by atoms with E-state index in [1.807, 2.05) is 0 Å². The number of hydrogen-bond acceptors (Lipinski definition) is 4. The molecule has 0 atom stereocenters. The number of ether oxygens (including phenoxy) is 1. The van der Waals surface area contributed by atoms with Crippen LogP contribution in [0.4, 0.5) is 0 Å². The van der Waals surface area contributed by atoms with Crippen LogP contribution in [0.1, 0.15) is 10.5 Å². The third-order valence-electron chi connectivity index (χ3n) is 1.56. The highest BCUT2D eigenvalue weighted by Crippen LogP contribution is 2.06. The Morgan fingerprint density at radius 2 is 2.13 bits per heavy atom. The highest BCUT2D eigenvalue weighted by molar-refractivity contribution is 5.95. The summed E-state index contributed by atoms with van der Waals surface area (Å²) >= 11 is 0. The smallest absolute Gasteiger partial charge is 0.213 e. The third kappa shape index (κ3) is 4.97. The molecule has 0 spiro atoms. The molecule has 0 saturated heterocycles. The van der Waals surface area contributed by atoms with Crippen molar-refractivity contribution in [3.05, 3.63) is 23.9 Å². The molecule has 0 fully saturated rings. The van der Waals surface area contributed by atoms with E-state index in [-0.39, 0.29) is 30.6 Å². The summed E-state index contributed by atoms with van der Waals surface area (Å²) in [5, 5.41) is 2.77. The molecule has 0 aliphatic rings. The minimum atomic E-state index is -0.0404. The standard InChI is InChI=1S/C9H12N2O2.2ClH/c1-10-6-8(12)7-4-3-5-9(11-7)13-2;;/h3-5,10H,6H2,1-2H3;2*1H. The summed E-state index contributed by atoms with van der Waals surface area (Å²) < 4.78 is 4.90. The summed E-state index contributed by atoms with van der Waals surface area (Å²) in [4.78, 5) is 15.3. The van der Waals surface area contributed by atoms with Crippen LogP contribution in [-0.2, 0) is 0 Å². The number of carbonyl (C=O) groups excluding carboxylic acids is 1. The van der Waals surface area contributed by atoms with Crippen molar-refractivity contribution in [1.82, 2.24) is 10.3 Å². The first-order valence-electron chi connectivity index (χ1n) is 3.96. The minimum absolute atomic E-state index is 0. The monoisotopic (exact) mass is 252 g/mol. The lowest BCUT2D eigenvalue weighted by Gasteiger charge is -2.01. The summed E-state index contributed by atoms with van der Waals surface area (Å²) in [6.07, 6.45) is 0. The Morgan fingerprint density at radius 1 is 1.47 bits per heavy atom. The Kier molecular flexibility index (Phi) is 9.36. The zero-order chi connectivity index (χ0) is 9.68. The van der Waals surface area contributed by atoms with Gasteiger partial charge in [0, 0.05) is 6.07 Å². The first-order valence-corrected chi connectivity index (χ1v) is 3.96. The van der Waals surface area contributed by atoms with Crippen LogP contribution in [0.3, 0.4) is 0 Å². The molecular formula is C9H14Cl2N2O2. The Bertz CT molecular complexity index is 308. The molecule has 0 amide bonds. The minimum Gasteiger partial charge on any atom is -0.481 e. The number of carbonyl (C=O) groups is 1. The van der Waals surface area contributed by atoms with Gasteiger partial charge < -0.3 is 10.1 Å². The average molecular weight is 253 g/mol. The second-order valence-electron chi connectivity index (χ2n) is 2.52. The molecule has 6 heteroatoms. The van der Waals surface area contributed by atoms with Gasteiger partial charge in [0.2, 0.25) is 5.88 Å². The van der Waals surface area contributed by atoms with Gasteiger partial charge in [-0.3, -0.25) is 4.79 Å². The number of aromatic nitrogens is 1. The number of hydrogen-bond donors (Lipinski definition) is 1. The van der Waals surface area contributed by atoms with Crippen molar-refractivity contribution in [2.24, 2.45) is 0 Å². The largest absolute Gasteiger partial charge is 0.481 e. The van der Waals surface area contributed by atoms with Crippen molar-refractivity contribution in [2.75, 3.05) is 20.7 Å². The van der Waals surface area contributed by atoms with E-state index < -0.39 is 0 Å². The van der Waals surface area contributed by atoms with Crippen molar-refractivity contribution in [1.29, 1.82) is 0 Å². The highest BCUT2D eigenvalue weighted by Gasteiger charge is 2.06. The zero-order valence-electron chi connectivity index (χ0n) is 8.52. The van der Waals surface area contributed by atoms with E-state index in [4.69, 9.17) is 4.74 Å². The molecule has 0 bridgehead atoms. The summed E-state index contributed by atoms with van der Waals surface area (Å²) in [6, 6.07) is 5.12. The van der Waals surface area contributed by atoms with Crippen LogP contribution < -0.4 is 10.1 Å². The molecule has 0 aliphatic heterocycles. The molecule has 1 aromatic heterocycles. The van der Waals surface area contributed by atoms with Crippen LogP contribution in [0.25, 0.3) is 0 Å². The van der Waals surface area contributed by atoms with Gasteiger partial charge in [-0.1, -0.05) is 6.07 Å². The van der Waals surface area contributed by atoms with E-state index in [9.17, 15) is 4.79 Å². The molecule has 1 aromatic rings. The van der Waals surface area contributed by atoms with Crippen LogP contribution in [0.15, 0.2) is 18.2 Å². The van der Waals surface area contributed by atoms with Gasteiger partial charge in [0.15, 0.2) is 5.78 Å². The Labute approximate surface area is 101 Å². The Hall–Kier alpha value is -0.840. The topological polar surface area (TPSA) is 51.2 Å². The fraction of sp³-hybridized carbons (Fsp3) is 0.333. The lowest BCUT2D eigenvalue weighted by molar-refractivity contribution is 0.0988. The van der Waals surface area contributed by atoms with E-state index in [0.717, 1.165) is 0 Å². The van der Waals surface area contributed by atoms with Gasteiger partial charge >= 0.3 is 0 Å². The molecular weight excluding hydrogens is 239 g/mol. The maximum atomic E-state index is 11.3. The first kappa shape index (κ1) is 16.6. The fourth-order valence-electron chi connectivity index (χ4n) is 0.935. The number of nitrogens with zero attached hydrogens (tertiary/aromatic N) is 1. The third-order valence-corrected chi connectivity index (χ3v) is 1.56. The summed E-state index contributed by atoms with van der Waals surface area (Å²) in [5.41, 5.74) is 0.425. The normalized spacial score (nSPS) is 8.40. The predicted octanol–water partition coefficient (Wildman–Crippen LogP) is 1.34. The summed E-state index contributed by atoms with van der Waals surface area (Å²) in [7, 11) is 3.24. The SMILES string of the molecule is CNCC(=O)c1cccc(OC)n1.Cl.Cl. The second-order valence-corrected chi connectivity index (χ2v) is 2.52. The molecule has 0 saturated carbocycles. The molecule has 0 radical (unpaired) electrons. The molecule has 1 rings (SSSR count). The van der Waals surface area contributed by atoms with Crippen molar-refractivity contribution >= 4 is 30.6 Å². The van der Waals surface area contributed by atoms with Crippen LogP contribution in [0, 0.1) is 0 Å². The zero-order valence-corrected chi connectivity index (χ0v) is 10.2. The summed E-state index contributed by atoms with van der Waals surface area (Å²) in [5.74, 6) is 0.420. The number of rotatable bonds is 4. The van der Waals surface area contributed by atoms with Gasteiger partial charge in [0.25, 0.3) is 0 Å². The van der Waals surface area contributed by atoms with E-state index in [1.165, 1.54) is 7.11 Å². The van der Waals surface area contributed by atoms with Crippen molar-refractivity contribution < 1.29 is 9.53 Å². The number of likely N-dealkylation sites (N-methyl/N-ethyl adjacent to an activating group) is 1. The van der Waals surface area contributed by atoms with E-state index in [2.05, 4.69) is 10.3 Å². The number of nitrogens with one attached hydrogen (secondary N) is 1. The van der Waals surface area contributed by atoms with Gasteiger partial charge in [0.1, 0.15) is 5.69 Å². The number of pyridine rings is 1. The number of methoxy groups -OCH3 is 1. The van der Waals surface area contributed by atoms with E-state index in [1.54, 1.807) is 25.2 Å². The van der Waals surface area contributed by atoms with Crippen LogP contribution in [0.2, 0.25) is 0 Å². The van der Waals surface area contributed by atoms with Crippen molar-refractivity contribution in [3.63, 3.8) is 0 Å². The lowest BCUT2D eigenvalue weighted by Crippen LogP contribution is -2.19. The number of Topliss-reactive ketones (excluding diaryl/α,β-unsaturated/α-hetero) is 1. The van der Waals surface area contributed by atoms with Crippen LogP contribution >= 0.6 is 24.8 Å². The lowest BCUT2D eigenvalue weighted by atomic mass is 10.2. The molecule has 0 aliphatic carbocycles. The number of halogens is 2. The van der Waals surface area contributed by atoms with E-state index >= 15 is 0 Å². The first-order chi connectivity index (χ1) is 6.27. The van der Waals surface area contributed by atoms with Crippen molar-refractivity contribution in [3.8, 4) is 5.88 Å². The molecule has 4 nitrogen and oxygen atoms in total. The van der Waals surface area contributed by atoms with Crippen molar-refractivity contribution in [2.45, 2.75) is 0 Å². The predicted molar refractivity (Wildman–Crippen MR) is 63.5 cm³/mol. The maximum Gasteiger partial charge on any atom is 0.213 e. The van der Waals surface area contributed by atoms with Crippen LogP contribution in [-0.4, -0.2) is 31.5 Å². The molecule has 1 N–H and O–H groups in total. The fourth-order valence-corrected chi connectivity index (χ4v) is 0.935. The van der Waals surface area contributed by atoms with Gasteiger partial charge in [-0.25, -0.2) is 4.98 Å². The quantitative estimate of drug-likeness (QED) is 0.822. The maximum absolute atomic E-state index is 11.3. The molecule has 86 valence electrons. The van der Waals surface area contributed by atoms with Gasteiger partial charge in [-0.2, -0.15) is 0 Å². The average Bonchev–Trinajstić information content (AvgIpc) is 2.18. The van der Waals surface area contributed by atoms with Gasteiger partial charge in [-0.05, 0) is 13.1 Å².